The molecule has 142 valence electrons. The van der Waals surface area contributed by atoms with Crippen LogP contribution in [0.4, 0.5) is 5.69 Å². The van der Waals surface area contributed by atoms with Crippen LogP contribution in [-0.4, -0.2) is 33.6 Å². The minimum atomic E-state index is -4.37. The van der Waals surface area contributed by atoms with Crippen LogP contribution >= 0.6 is 0 Å². The molecule has 9 heteroatoms. The molecule has 1 N–H and O–H groups in total. The van der Waals surface area contributed by atoms with Crippen molar-refractivity contribution >= 4 is 28.0 Å². The van der Waals surface area contributed by atoms with E-state index in [1.165, 1.54) is 6.20 Å². The van der Waals surface area contributed by atoms with Crippen LogP contribution in [0.3, 0.4) is 0 Å². The first-order valence-corrected chi connectivity index (χ1v) is 9.72. The molecule has 0 radical (unpaired) electrons. The van der Waals surface area contributed by atoms with E-state index in [-0.39, 0.29) is 4.90 Å². The van der Waals surface area contributed by atoms with E-state index in [4.69, 9.17) is 5.53 Å². The zero-order valence-electron chi connectivity index (χ0n) is 15.2. The van der Waals surface area contributed by atoms with E-state index in [0.717, 1.165) is 11.3 Å². The molecular formula is C18H22N5O3S+. The molecule has 1 heterocycles. The smallest absolute Gasteiger partial charge is 0.301 e. The molecular weight excluding hydrogens is 366 g/mol. The van der Waals surface area contributed by atoms with E-state index in [2.05, 4.69) is 10.0 Å². The number of hydrogen-bond acceptors (Lipinski definition) is 4. The van der Waals surface area contributed by atoms with E-state index in [1.54, 1.807) is 29.0 Å². The first kappa shape index (κ1) is 20.4. The van der Waals surface area contributed by atoms with E-state index in [1.807, 2.05) is 43.3 Å². The quantitative estimate of drug-likeness (QED) is 0.187. The summed E-state index contributed by atoms with van der Waals surface area (Å²) >= 11 is 0. The van der Waals surface area contributed by atoms with Gasteiger partial charge in [0, 0.05) is 49.3 Å². The van der Waals surface area contributed by atoms with Gasteiger partial charge >= 0.3 is 10.1 Å². The fraction of sp³-hybridized carbons (Fsp3) is 0.278. The van der Waals surface area contributed by atoms with Gasteiger partial charge in [-0.3, -0.25) is 4.55 Å². The van der Waals surface area contributed by atoms with E-state index >= 15 is 0 Å². The number of aromatic nitrogens is 1. The molecule has 2 rings (SSSR count). The average Bonchev–Trinajstić information content (AvgIpc) is 2.63. The molecule has 0 saturated carbocycles. The second kappa shape index (κ2) is 9.18. The molecule has 2 aromatic rings. The third-order valence-electron chi connectivity index (χ3n) is 3.89. The van der Waals surface area contributed by atoms with Crippen molar-refractivity contribution in [1.29, 1.82) is 0 Å². The maximum absolute atomic E-state index is 11.7. The van der Waals surface area contributed by atoms with Gasteiger partial charge in [-0.1, -0.05) is 29.4 Å². The Bertz CT molecular complexity index is 963. The molecule has 0 spiro atoms. The van der Waals surface area contributed by atoms with Crippen LogP contribution in [0.15, 0.2) is 52.7 Å². The molecule has 0 atom stereocenters. The molecule has 0 unspecified atom stereocenters. The molecule has 0 fully saturated rings. The number of azide groups is 1. The highest BCUT2D eigenvalue weighted by Crippen LogP contribution is 2.18. The number of rotatable bonds is 8. The van der Waals surface area contributed by atoms with Crippen LogP contribution in [0.2, 0.25) is 0 Å². The van der Waals surface area contributed by atoms with Crippen molar-refractivity contribution in [1.82, 2.24) is 0 Å². The van der Waals surface area contributed by atoms with Gasteiger partial charge in [0.1, 0.15) is 6.54 Å². The molecule has 0 aliphatic rings. The van der Waals surface area contributed by atoms with E-state index in [9.17, 15) is 13.0 Å². The molecule has 27 heavy (non-hydrogen) atoms. The topological polar surface area (TPSA) is 110 Å². The van der Waals surface area contributed by atoms with Crippen LogP contribution < -0.4 is 9.47 Å². The van der Waals surface area contributed by atoms with Gasteiger partial charge in [0.2, 0.25) is 0 Å². The Hall–Kier alpha value is -2.87. The van der Waals surface area contributed by atoms with E-state index < -0.39 is 10.1 Å². The molecule has 0 bridgehead atoms. The number of hydrogen-bond donors (Lipinski definition) is 1. The monoisotopic (exact) mass is 388 g/mol. The summed E-state index contributed by atoms with van der Waals surface area (Å²) in [5, 5.41) is 3.44. The van der Waals surface area contributed by atoms with Gasteiger partial charge in [-0.05, 0) is 23.2 Å². The highest BCUT2D eigenvalue weighted by molar-refractivity contribution is 7.85. The lowest BCUT2D eigenvalue weighted by Gasteiger charge is -2.11. The third-order valence-corrected chi connectivity index (χ3v) is 4.79. The summed E-state index contributed by atoms with van der Waals surface area (Å²) in [6.07, 6.45) is 7.10. The van der Waals surface area contributed by atoms with Gasteiger partial charge in [-0.25, -0.2) is 4.57 Å². The standard InChI is InChI=1S/C18H21N5O3S/c1-22(2)17-8-5-15(6-9-17)4-7-16-10-13-23(12-3-11-20-21-19)14-18(16)27(24,25)26/h4-10,13-14H,3,11-12H2,1-2H3/p+1. The summed E-state index contributed by atoms with van der Waals surface area (Å²) in [6, 6.07) is 9.41. The van der Waals surface area contributed by atoms with Gasteiger partial charge in [0.25, 0.3) is 0 Å². The van der Waals surface area contributed by atoms with Gasteiger partial charge in [-0.2, -0.15) is 8.42 Å². The number of pyridine rings is 1. The highest BCUT2D eigenvalue weighted by Gasteiger charge is 2.19. The Labute approximate surface area is 158 Å². The average molecular weight is 388 g/mol. The van der Waals surface area contributed by atoms with Crippen molar-refractivity contribution in [3.8, 4) is 0 Å². The lowest BCUT2D eigenvalue weighted by molar-refractivity contribution is -0.698. The summed E-state index contributed by atoms with van der Waals surface area (Å²) in [6.45, 7) is 0.785. The van der Waals surface area contributed by atoms with E-state index in [0.29, 0.717) is 25.1 Å². The normalized spacial score (nSPS) is 11.4. The molecule has 0 amide bonds. The van der Waals surface area contributed by atoms with Gasteiger partial charge in [0.05, 0.1) is 0 Å². The van der Waals surface area contributed by atoms with Crippen molar-refractivity contribution in [3.63, 3.8) is 0 Å². The SMILES string of the molecule is CN(C)c1ccc(/C=C/c2cc[n+](CCCN=[N+]=[N-])cc2S(=O)(=O)O)cc1. The predicted octanol–water partition coefficient (Wildman–Crippen LogP) is 3.16. The molecule has 0 saturated heterocycles. The van der Waals surface area contributed by atoms with Crippen LogP contribution in [0.5, 0.6) is 0 Å². The number of anilines is 1. The summed E-state index contributed by atoms with van der Waals surface area (Å²) in [5.74, 6) is 0. The van der Waals surface area contributed by atoms with Gasteiger partial charge < -0.3 is 4.90 Å². The maximum atomic E-state index is 11.7. The summed E-state index contributed by atoms with van der Waals surface area (Å²) < 4.78 is 34.7. The molecule has 0 aliphatic heterocycles. The molecule has 1 aromatic heterocycles. The molecule has 1 aromatic carbocycles. The van der Waals surface area contributed by atoms with Crippen molar-refractivity contribution < 1.29 is 17.5 Å². The first-order chi connectivity index (χ1) is 12.8. The van der Waals surface area contributed by atoms with Gasteiger partial charge in [0.15, 0.2) is 17.3 Å². The fourth-order valence-corrected chi connectivity index (χ4v) is 3.16. The van der Waals surface area contributed by atoms with Crippen molar-refractivity contribution in [2.24, 2.45) is 5.11 Å². The second-order valence-electron chi connectivity index (χ2n) is 6.10. The Morgan fingerprint density at radius 1 is 1.22 bits per heavy atom. The number of benzene rings is 1. The largest absolute Gasteiger partial charge is 0.378 e. The van der Waals surface area contributed by atoms with Crippen LogP contribution in [0.25, 0.3) is 22.6 Å². The van der Waals surface area contributed by atoms with Crippen LogP contribution in [0, 0.1) is 0 Å². The Morgan fingerprint density at radius 3 is 2.52 bits per heavy atom. The number of aryl methyl sites for hydroxylation is 1. The Kier molecular flexibility index (Phi) is 6.95. The van der Waals surface area contributed by atoms with Crippen LogP contribution in [-0.2, 0) is 16.7 Å². The Morgan fingerprint density at radius 2 is 1.93 bits per heavy atom. The number of nitrogens with zero attached hydrogens (tertiary/aromatic N) is 5. The third kappa shape index (κ3) is 6.10. The Balaban J connectivity index is 2.25. The van der Waals surface area contributed by atoms with Gasteiger partial charge in [-0.15, -0.1) is 0 Å². The molecule has 8 nitrogen and oxygen atoms in total. The highest BCUT2D eigenvalue weighted by atomic mass is 32.2. The summed E-state index contributed by atoms with van der Waals surface area (Å²) in [4.78, 5) is 4.49. The first-order valence-electron chi connectivity index (χ1n) is 8.28. The molecule has 0 aliphatic carbocycles. The maximum Gasteiger partial charge on any atom is 0.301 e. The van der Waals surface area contributed by atoms with Crippen molar-refractivity contribution in [2.45, 2.75) is 17.9 Å². The van der Waals surface area contributed by atoms with Crippen molar-refractivity contribution in [2.75, 3.05) is 25.5 Å². The fourth-order valence-electron chi connectivity index (χ4n) is 2.46. The predicted molar refractivity (Wildman–Crippen MR) is 105 cm³/mol. The lowest BCUT2D eigenvalue weighted by Crippen LogP contribution is -2.34. The zero-order chi connectivity index (χ0) is 19.9. The summed E-state index contributed by atoms with van der Waals surface area (Å²) in [7, 11) is -0.467. The van der Waals surface area contributed by atoms with Crippen LogP contribution in [0.1, 0.15) is 17.5 Å². The summed E-state index contributed by atoms with van der Waals surface area (Å²) in [5.41, 5.74) is 10.6. The second-order valence-corrected chi connectivity index (χ2v) is 7.49. The van der Waals surface area contributed by atoms with Crippen molar-refractivity contribution in [3.05, 3.63) is 64.3 Å². The minimum Gasteiger partial charge on any atom is -0.378 e. The lowest BCUT2D eigenvalue weighted by atomic mass is 10.1. The minimum absolute atomic E-state index is 0.171. The zero-order valence-corrected chi connectivity index (χ0v) is 16.0.